The van der Waals surface area contributed by atoms with E-state index in [0.717, 1.165) is 48.0 Å². The predicted octanol–water partition coefficient (Wildman–Crippen LogP) is 2.93. The monoisotopic (exact) mass is 500 g/mol. The number of H-pyrrole nitrogens is 2. The molecule has 2 aromatic carbocycles. The highest BCUT2D eigenvalue weighted by Crippen LogP contribution is 2.30. The van der Waals surface area contributed by atoms with Crippen LogP contribution in [0.15, 0.2) is 69.3 Å². The fraction of sp³-hybridized carbons (Fsp3) is 0.167. The van der Waals surface area contributed by atoms with Crippen molar-refractivity contribution in [2.45, 2.75) is 18.6 Å². The minimum Gasteiger partial charge on any atom is -0.493 e. The molecule has 186 valence electrons. The summed E-state index contributed by atoms with van der Waals surface area (Å²) in [6, 6.07) is 9.89. The molecule has 9 nitrogen and oxygen atoms in total. The Morgan fingerprint density at radius 2 is 1.94 bits per heavy atom. The highest BCUT2D eigenvalue weighted by atomic mass is 19.4. The average molecular weight is 500 g/mol. The molecule has 0 amide bonds. The van der Waals surface area contributed by atoms with Crippen molar-refractivity contribution in [1.29, 1.82) is 0 Å². The van der Waals surface area contributed by atoms with Crippen molar-refractivity contribution in [3.63, 3.8) is 0 Å². The third kappa shape index (κ3) is 4.78. The van der Waals surface area contributed by atoms with Crippen LogP contribution >= 0.6 is 0 Å². The van der Waals surface area contributed by atoms with Gasteiger partial charge in [0.25, 0.3) is 5.56 Å². The molecule has 4 rings (SSSR count). The van der Waals surface area contributed by atoms with E-state index in [9.17, 15) is 32.7 Å². The lowest BCUT2D eigenvalue weighted by atomic mass is 10.1. The second-order valence-electron chi connectivity index (χ2n) is 7.76. The molecule has 0 spiro atoms. The number of ether oxygens (including phenoxy) is 1. The SMILES string of the molecule is COC(=O)C(Cc1c[nH]c2ccccc12)N=Cc1c(O)n(-c2cccc(C(F)(F)F)c2)c(=O)[nH]c1=O. The zero-order valence-corrected chi connectivity index (χ0v) is 18.7. The number of fused-ring (bicyclic) bond motifs is 1. The normalized spacial score (nSPS) is 12.8. The average Bonchev–Trinajstić information content (AvgIpc) is 3.25. The van der Waals surface area contributed by atoms with E-state index in [0.29, 0.717) is 10.6 Å². The van der Waals surface area contributed by atoms with Gasteiger partial charge in [0.15, 0.2) is 6.04 Å². The van der Waals surface area contributed by atoms with Crippen LogP contribution in [0.25, 0.3) is 16.6 Å². The van der Waals surface area contributed by atoms with Crippen LogP contribution in [-0.4, -0.2) is 45.0 Å². The third-order valence-electron chi connectivity index (χ3n) is 5.50. The Labute approximate surface area is 200 Å². The number of alkyl halides is 3. The van der Waals surface area contributed by atoms with Gasteiger partial charge in [0.2, 0.25) is 5.88 Å². The predicted molar refractivity (Wildman–Crippen MR) is 125 cm³/mol. The molecule has 0 bridgehead atoms. The van der Waals surface area contributed by atoms with Gasteiger partial charge < -0.3 is 14.8 Å². The highest BCUT2D eigenvalue weighted by Gasteiger charge is 2.31. The fourth-order valence-corrected chi connectivity index (χ4v) is 3.72. The molecule has 0 aliphatic heterocycles. The maximum Gasteiger partial charge on any atom is 0.416 e. The van der Waals surface area contributed by atoms with E-state index < -0.39 is 46.4 Å². The number of nitrogens with zero attached hydrogens (tertiary/aromatic N) is 2. The van der Waals surface area contributed by atoms with Gasteiger partial charge in [-0.25, -0.2) is 14.2 Å². The molecule has 0 aliphatic rings. The number of aromatic nitrogens is 3. The Kier molecular flexibility index (Phi) is 6.51. The number of hydrogen-bond acceptors (Lipinski definition) is 6. The maximum atomic E-state index is 13.1. The summed E-state index contributed by atoms with van der Waals surface area (Å²) in [7, 11) is 1.16. The lowest BCUT2D eigenvalue weighted by Gasteiger charge is -2.13. The summed E-state index contributed by atoms with van der Waals surface area (Å²) in [5.74, 6) is -1.67. The number of aliphatic imine (C=N–C) groups is 1. The number of para-hydroxylation sites is 1. The number of benzene rings is 2. The van der Waals surface area contributed by atoms with Crippen LogP contribution in [0, 0.1) is 0 Å². The highest BCUT2D eigenvalue weighted by molar-refractivity contribution is 5.87. The van der Waals surface area contributed by atoms with E-state index in [1.54, 1.807) is 6.20 Å². The molecule has 0 saturated heterocycles. The lowest BCUT2D eigenvalue weighted by molar-refractivity contribution is -0.142. The quantitative estimate of drug-likeness (QED) is 0.277. The summed E-state index contributed by atoms with van der Waals surface area (Å²) < 4.78 is 44.7. The molecule has 2 aromatic heterocycles. The standard InChI is InChI=1S/C24H19F3N4O5/c1-36-22(34)19(9-13-11-28-18-8-3-2-7-16(13)18)29-12-17-20(32)30-23(35)31(21(17)33)15-6-4-5-14(10-15)24(25,26)27/h2-8,10-12,19,28,33H,9H2,1H3,(H,30,32,35). The Hall–Kier alpha value is -4.61. The number of methoxy groups -OCH3 is 1. The molecule has 0 aliphatic carbocycles. The number of rotatable bonds is 6. The van der Waals surface area contributed by atoms with Gasteiger partial charge in [-0.05, 0) is 29.8 Å². The van der Waals surface area contributed by atoms with Crippen molar-refractivity contribution in [2.24, 2.45) is 4.99 Å². The van der Waals surface area contributed by atoms with Gasteiger partial charge in [0, 0.05) is 29.7 Å². The molecule has 1 unspecified atom stereocenters. The number of esters is 1. The van der Waals surface area contributed by atoms with Gasteiger partial charge in [-0.3, -0.25) is 14.8 Å². The molecule has 12 heteroatoms. The van der Waals surface area contributed by atoms with Crippen molar-refractivity contribution in [2.75, 3.05) is 7.11 Å². The summed E-state index contributed by atoms with van der Waals surface area (Å²) in [4.78, 5) is 46.2. The Morgan fingerprint density at radius 1 is 1.19 bits per heavy atom. The van der Waals surface area contributed by atoms with Gasteiger partial charge in [0.05, 0.1) is 18.4 Å². The second kappa shape index (κ2) is 9.56. The molecule has 2 heterocycles. The van der Waals surface area contributed by atoms with Crippen molar-refractivity contribution >= 4 is 23.1 Å². The van der Waals surface area contributed by atoms with Crippen LogP contribution in [0.2, 0.25) is 0 Å². The molecular weight excluding hydrogens is 481 g/mol. The van der Waals surface area contributed by atoms with E-state index in [4.69, 9.17) is 4.74 Å². The van der Waals surface area contributed by atoms with Crippen molar-refractivity contribution in [1.82, 2.24) is 14.5 Å². The second-order valence-corrected chi connectivity index (χ2v) is 7.76. The van der Waals surface area contributed by atoms with Crippen LogP contribution in [0.5, 0.6) is 5.88 Å². The summed E-state index contributed by atoms with van der Waals surface area (Å²) in [5.41, 5.74) is -2.54. The molecule has 0 radical (unpaired) electrons. The van der Waals surface area contributed by atoms with Crippen LogP contribution in [0.4, 0.5) is 13.2 Å². The number of carbonyl (C=O) groups excluding carboxylic acids is 1. The zero-order chi connectivity index (χ0) is 26.0. The molecule has 0 fully saturated rings. The number of hydrogen-bond donors (Lipinski definition) is 3. The topological polar surface area (TPSA) is 130 Å². The van der Waals surface area contributed by atoms with Crippen molar-refractivity contribution in [3.8, 4) is 11.6 Å². The molecule has 0 saturated carbocycles. The number of aromatic amines is 2. The summed E-state index contributed by atoms with van der Waals surface area (Å²) in [5, 5.41) is 11.5. The van der Waals surface area contributed by atoms with E-state index in [2.05, 4.69) is 9.98 Å². The lowest BCUT2D eigenvalue weighted by Crippen LogP contribution is -2.32. The smallest absolute Gasteiger partial charge is 0.416 e. The molecule has 4 aromatic rings. The number of nitrogens with one attached hydrogen (secondary N) is 2. The third-order valence-corrected chi connectivity index (χ3v) is 5.50. The van der Waals surface area contributed by atoms with Gasteiger partial charge in [-0.1, -0.05) is 24.3 Å². The first kappa shape index (κ1) is 24.5. The summed E-state index contributed by atoms with van der Waals surface area (Å²) in [6.07, 6.45) is -2.03. The van der Waals surface area contributed by atoms with Crippen LogP contribution in [0.3, 0.4) is 0 Å². The van der Waals surface area contributed by atoms with Gasteiger partial charge in [0.1, 0.15) is 5.56 Å². The molecular formula is C24H19F3N4O5. The van der Waals surface area contributed by atoms with E-state index in [1.165, 1.54) is 0 Å². The number of halogens is 3. The Bertz CT molecular complexity index is 1580. The summed E-state index contributed by atoms with van der Waals surface area (Å²) >= 11 is 0. The first-order valence-corrected chi connectivity index (χ1v) is 10.5. The fourth-order valence-electron chi connectivity index (χ4n) is 3.72. The van der Waals surface area contributed by atoms with Crippen molar-refractivity contribution < 1.29 is 27.8 Å². The van der Waals surface area contributed by atoms with Crippen LogP contribution in [-0.2, 0) is 22.1 Å². The van der Waals surface area contributed by atoms with Gasteiger partial charge in [-0.2, -0.15) is 13.2 Å². The minimum atomic E-state index is -4.70. The van der Waals surface area contributed by atoms with Crippen LogP contribution in [0.1, 0.15) is 16.7 Å². The van der Waals surface area contributed by atoms with Gasteiger partial charge in [-0.15, -0.1) is 0 Å². The van der Waals surface area contributed by atoms with E-state index in [-0.39, 0.29) is 12.1 Å². The molecule has 1 atom stereocenters. The van der Waals surface area contributed by atoms with E-state index in [1.807, 2.05) is 29.2 Å². The zero-order valence-electron chi connectivity index (χ0n) is 18.7. The van der Waals surface area contributed by atoms with Crippen LogP contribution < -0.4 is 11.2 Å². The largest absolute Gasteiger partial charge is 0.493 e. The first-order chi connectivity index (χ1) is 17.1. The van der Waals surface area contributed by atoms with Crippen molar-refractivity contribution in [3.05, 3.63) is 92.3 Å². The maximum absolute atomic E-state index is 13.1. The van der Waals surface area contributed by atoms with E-state index >= 15 is 0 Å². The molecule has 3 N–H and O–H groups in total. The Balaban J connectivity index is 1.74. The Morgan fingerprint density at radius 3 is 2.67 bits per heavy atom. The molecule has 36 heavy (non-hydrogen) atoms. The minimum absolute atomic E-state index is 0.0825. The number of carbonyl (C=O) groups is 1. The number of aromatic hydroxyl groups is 1. The first-order valence-electron chi connectivity index (χ1n) is 10.5. The van der Waals surface area contributed by atoms with Gasteiger partial charge >= 0.3 is 17.8 Å². The summed E-state index contributed by atoms with van der Waals surface area (Å²) in [6.45, 7) is 0.